The van der Waals surface area contributed by atoms with Crippen molar-refractivity contribution < 1.29 is 23.4 Å². The fraction of sp³-hybridized carbons (Fsp3) is 0.412. The third-order valence-corrected chi connectivity index (χ3v) is 4.89. The van der Waals surface area contributed by atoms with Gasteiger partial charge in [-0.2, -0.15) is 0 Å². The molecule has 4 rings (SSSR count). The minimum atomic E-state index is -1.68. The molecule has 1 aliphatic carbocycles. The second-order valence-corrected chi connectivity index (χ2v) is 6.64. The molecule has 1 saturated carbocycles. The van der Waals surface area contributed by atoms with E-state index in [0.29, 0.717) is 13.1 Å². The number of carboxylic acid groups (broad SMARTS) is 1. The van der Waals surface area contributed by atoms with Crippen molar-refractivity contribution in [3.63, 3.8) is 0 Å². The summed E-state index contributed by atoms with van der Waals surface area (Å²) in [6, 6.07) is -0.111. The average molecular weight is 365 g/mol. The first kappa shape index (κ1) is 16.6. The maximum atomic E-state index is 15.3. The fourth-order valence-electron chi connectivity index (χ4n) is 3.55. The molecule has 0 atom stereocenters. The topological polar surface area (TPSA) is 97.8 Å². The van der Waals surface area contributed by atoms with Gasteiger partial charge in [-0.05, 0) is 25.7 Å². The van der Waals surface area contributed by atoms with E-state index < -0.39 is 34.7 Å². The molecular weight excluding hydrogens is 348 g/mol. The number of ether oxygens (including phenoxy) is 1. The molecular formula is C17H17F2N3O4. The summed E-state index contributed by atoms with van der Waals surface area (Å²) in [6.45, 7) is 1.01. The van der Waals surface area contributed by atoms with Crippen LogP contribution in [0.25, 0.3) is 10.9 Å². The van der Waals surface area contributed by atoms with Gasteiger partial charge >= 0.3 is 6.16 Å². The van der Waals surface area contributed by atoms with E-state index in [-0.39, 0.29) is 22.6 Å². The lowest BCUT2D eigenvalue weighted by Crippen LogP contribution is -2.24. The number of nitrogen functional groups attached to an aromatic ring is 1. The number of hydrogen-bond acceptors (Lipinski definition) is 5. The molecule has 2 aliphatic rings. The lowest BCUT2D eigenvalue weighted by molar-refractivity contribution is 0.143. The van der Waals surface area contributed by atoms with Crippen LogP contribution in [0.5, 0.6) is 5.75 Å². The van der Waals surface area contributed by atoms with Crippen molar-refractivity contribution in [1.82, 2.24) is 4.57 Å². The van der Waals surface area contributed by atoms with Crippen molar-refractivity contribution in [3.8, 4) is 5.75 Å². The fourth-order valence-corrected chi connectivity index (χ4v) is 3.55. The molecule has 3 N–H and O–H groups in total. The molecule has 26 heavy (non-hydrogen) atoms. The summed E-state index contributed by atoms with van der Waals surface area (Å²) in [5, 5.41) is 8.44. The Morgan fingerprint density at radius 1 is 1.23 bits per heavy atom. The van der Waals surface area contributed by atoms with Crippen molar-refractivity contribution in [1.29, 1.82) is 0 Å². The van der Waals surface area contributed by atoms with Gasteiger partial charge in [0.05, 0.1) is 22.8 Å². The quantitative estimate of drug-likeness (QED) is 0.641. The summed E-state index contributed by atoms with van der Waals surface area (Å²) in [7, 11) is 0. The predicted octanol–water partition coefficient (Wildman–Crippen LogP) is 2.85. The van der Waals surface area contributed by atoms with Crippen molar-refractivity contribution in [2.24, 2.45) is 0 Å². The lowest BCUT2D eigenvalue weighted by atomic mass is 10.1. The summed E-state index contributed by atoms with van der Waals surface area (Å²) in [5.41, 5.74) is 4.10. The Morgan fingerprint density at radius 2 is 1.88 bits per heavy atom. The number of hydrogen-bond donors (Lipinski definition) is 2. The highest BCUT2D eigenvalue weighted by molar-refractivity contribution is 5.96. The standard InChI is InChI=1S/C17H17F2N3O4/c18-11-13(20)10-14(12(19)15(11)21-5-1-2-6-21)22(8-3-4-8)7-9(16(10)23)26-17(24)25/h7-8H,1-6,20H2,(H,24,25). The number of aromatic nitrogens is 1. The van der Waals surface area contributed by atoms with E-state index in [2.05, 4.69) is 4.74 Å². The van der Waals surface area contributed by atoms with Gasteiger partial charge in [0, 0.05) is 19.1 Å². The molecule has 0 spiro atoms. The maximum Gasteiger partial charge on any atom is 0.511 e. The Balaban J connectivity index is 2.07. The molecule has 138 valence electrons. The summed E-state index contributed by atoms with van der Waals surface area (Å²) in [5.74, 6) is -2.36. The number of benzene rings is 1. The number of anilines is 2. The molecule has 0 radical (unpaired) electrons. The highest BCUT2D eigenvalue weighted by Crippen LogP contribution is 2.42. The average Bonchev–Trinajstić information content (AvgIpc) is 3.30. The van der Waals surface area contributed by atoms with Crippen LogP contribution in [0.3, 0.4) is 0 Å². The molecule has 9 heteroatoms. The van der Waals surface area contributed by atoms with E-state index in [1.165, 1.54) is 10.8 Å². The first-order valence-electron chi connectivity index (χ1n) is 8.41. The van der Waals surface area contributed by atoms with Crippen LogP contribution >= 0.6 is 0 Å². The van der Waals surface area contributed by atoms with E-state index >= 15 is 4.39 Å². The third-order valence-electron chi connectivity index (χ3n) is 4.89. The van der Waals surface area contributed by atoms with Crippen molar-refractivity contribution in [2.45, 2.75) is 31.7 Å². The van der Waals surface area contributed by atoms with Crippen LogP contribution in [0.4, 0.5) is 25.0 Å². The molecule has 0 bridgehead atoms. The van der Waals surface area contributed by atoms with Crippen molar-refractivity contribution in [3.05, 3.63) is 28.1 Å². The first-order chi connectivity index (χ1) is 12.4. The Morgan fingerprint density at radius 3 is 2.46 bits per heavy atom. The molecule has 7 nitrogen and oxygen atoms in total. The number of fused-ring (bicyclic) bond motifs is 1. The smallest absolute Gasteiger partial charge is 0.449 e. The highest BCUT2D eigenvalue weighted by atomic mass is 19.1. The highest BCUT2D eigenvalue weighted by Gasteiger charge is 2.33. The molecule has 1 aromatic carbocycles. The molecule has 2 heterocycles. The van der Waals surface area contributed by atoms with E-state index in [1.807, 2.05) is 0 Å². The zero-order chi connectivity index (χ0) is 18.6. The second-order valence-electron chi connectivity index (χ2n) is 6.64. The Bertz CT molecular complexity index is 979. The maximum absolute atomic E-state index is 15.3. The van der Waals surface area contributed by atoms with Crippen LogP contribution in [0.15, 0.2) is 11.0 Å². The molecule has 2 aromatic rings. The van der Waals surface area contributed by atoms with Gasteiger partial charge in [0.1, 0.15) is 5.69 Å². The van der Waals surface area contributed by atoms with Gasteiger partial charge < -0.3 is 25.0 Å². The molecule has 1 saturated heterocycles. The Kier molecular flexibility index (Phi) is 3.74. The number of pyridine rings is 1. The monoisotopic (exact) mass is 365 g/mol. The Hall–Kier alpha value is -2.84. The van der Waals surface area contributed by atoms with E-state index in [1.54, 1.807) is 4.90 Å². The molecule has 0 amide bonds. The van der Waals surface area contributed by atoms with Crippen LogP contribution in [0.2, 0.25) is 0 Å². The minimum Gasteiger partial charge on any atom is -0.449 e. The zero-order valence-corrected chi connectivity index (χ0v) is 13.8. The summed E-state index contributed by atoms with van der Waals surface area (Å²) in [6.07, 6.45) is 2.59. The van der Waals surface area contributed by atoms with Gasteiger partial charge in [0.25, 0.3) is 0 Å². The molecule has 0 unspecified atom stereocenters. The summed E-state index contributed by atoms with van der Waals surface area (Å²) < 4.78 is 36.1. The van der Waals surface area contributed by atoms with Crippen LogP contribution in [-0.4, -0.2) is 28.9 Å². The summed E-state index contributed by atoms with van der Waals surface area (Å²) in [4.78, 5) is 25.0. The minimum absolute atomic E-state index is 0.101. The van der Waals surface area contributed by atoms with Gasteiger partial charge in [-0.1, -0.05) is 0 Å². The molecule has 1 aliphatic heterocycles. The van der Waals surface area contributed by atoms with Crippen LogP contribution in [0.1, 0.15) is 31.7 Å². The number of nitrogens with two attached hydrogens (primary N) is 1. The lowest BCUT2D eigenvalue weighted by Gasteiger charge is -2.23. The summed E-state index contributed by atoms with van der Waals surface area (Å²) >= 11 is 0. The predicted molar refractivity (Wildman–Crippen MR) is 90.9 cm³/mol. The Labute approximate surface area is 146 Å². The number of halogens is 2. The van der Waals surface area contributed by atoms with E-state index in [9.17, 15) is 14.0 Å². The first-order valence-corrected chi connectivity index (χ1v) is 8.41. The van der Waals surface area contributed by atoms with Gasteiger partial charge in [-0.3, -0.25) is 4.79 Å². The van der Waals surface area contributed by atoms with Gasteiger partial charge in [-0.25, -0.2) is 13.6 Å². The zero-order valence-electron chi connectivity index (χ0n) is 13.8. The molecule has 1 aromatic heterocycles. The molecule has 2 fully saturated rings. The van der Waals surface area contributed by atoms with Crippen LogP contribution in [0, 0.1) is 11.6 Å². The van der Waals surface area contributed by atoms with Crippen LogP contribution < -0.4 is 20.8 Å². The largest absolute Gasteiger partial charge is 0.511 e. The van der Waals surface area contributed by atoms with Crippen molar-refractivity contribution >= 4 is 28.4 Å². The number of carbonyl (C=O) groups is 1. The van der Waals surface area contributed by atoms with E-state index in [0.717, 1.165) is 25.7 Å². The van der Waals surface area contributed by atoms with E-state index in [4.69, 9.17) is 10.8 Å². The number of nitrogens with zero attached hydrogens (tertiary/aromatic N) is 2. The SMILES string of the molecule is Nc1c(F)c(N2CCCC2)c(F)c2c1c(=O)c(OC(=O)O)cn2C1CC1. The van der Waals surface area contributed by atoms with Crippen LogP contribution in [-0.2, 0) is 0 Å². The number of rotatable bonds is 3. The second kappa shape index (κ2) is 5.86. The third kappa shape index (κ3) is 2.46. The van der Waals surface area contributed by atoms with Crippen molar-refractivity contribution in [2.75, 3.05) is 23.7 Å². The van der Waals surface area contributed by atoms with Gasteiger partial charge in [0.2, 0.25) is 5.43 Å². The normalized spacial score (nSPS) is 17.1. The van der Waals surface area contributed by atoms with Gasteiger partial charge in [-0.15, -0.1) is 0 Å². The van der Waals surface area contributed by atoms with Gasteiger partial charge in [0.15, 0.2) is 17.4 Å².